The second kappa shape index (κ2) is 56.3. The molecule has 0 saturated heterocycles. The standard InChI is InChI=1S/4C4H9O.C3H6O.Zr/c4*1-2-3-4-5;1-3(2)4;/h4*2-4H2,1H3;1-2H3;/q4*-1;;+4. The van der Waals surface area contributed by atoms with Crippen molar-refractivity contribution in [2.75, 3.05) is 26.4 Å². The van der Waals surface area contributed by atoms with Crippen LogP contribution in [0.4, 0.5) is 0 Å². The molecular formula is C19H42O5Zr. The van der Waals surface area contributed by atoms with E-state index >= 15 is 0 Å². The van der Waals surface area contributed by atoms with Crippen LogP contribution in [0.5, 0.6) is 0 Å². The Morgan fingerprint density at radius 2 is 0.680 bits per heavy atom. The van der Waals surface area contributed by atoms with E-state index in [4.69, 9.17) is 0 Å². The SMILES string of the molecule is CC(C)=O.CCCC[O-].CCCC[O-].CCCC[O-].CCCC[O-].[Zr+4]. The molecule has 0 saturated carbocycles. The van der Waals surface area contributed by atoms with Crippen LogP contribution in [0.3, 0.4) is 0 Å². The minimum Gasteiger partial charge on any atom is -0.854 e. The van der Waals surface area contributed by atoms with E-state index in [0.29, 0.717) is 0 Å². The van der Waals surface area contributed by atoms with Crippen LogP contribution in [0.25, 0.3) is 0 Å². The van der Waals surface area contributed by atoms with Gasteiger partial charge in [-0.2, -0.15) is 0 Å². The third-order valence-corrected chi connectivity index (χ3v) is 1.99. The van der Waals surface area contributed by atoms with Gasteiger partial charge in [0.15, 0.2) is 0 Å². The van der Waals surface area contributed by atoms with Gasteiger partial charge in [-0.1, -0.05) is 79.1 Å². The van der Waals surface area contributed by atoms with Crippen molar-refractivity contribution < 1.29 is 51.4 Å². The van der Waals surface area contributed by atoms with E-state index in [0.717, 1.165) is 51.4 Å². The third kappa shape index (κ3) is 174. The molecule has 0 aliphatic heterocycles. The molecule has 0 aromatic heterocycles. The Kier molecular flexibility index (Phi) is 90.5. The zero-order valence-corrected chi connectivity index (χ0v) is 20.0. The molecule has 0 aliphatic rings. The summed E-state index contributed by atoms with van der Waals surface area (Å²) in [7, 11) is 0. The average molecular weight is 442 g/mol. The number of ketones is 1. The summed E-state index contributed by atoms with van der Waals surface area (Å²) in [6.45, 7) is 11.5. The van der Waals surface area contributed by atoms with Crippen molar-refractivity contribution in [3.05, 3.63) is 0 Å². The minimum atomic E-state index is 0. The number of hydrogen-bond acceptors (Lipinski definition) is 5. The number of carbonyl (C=O) groups is 1. The summed E-state index contributed by atoms with van der Waals surface area (Å²) in [5.74, 6) is 0.167. The summed E-state index contributed by atoms with van der Waals surface area (Å²) < 4.78 is 0. The van der Waals surface area contributed by atoms with E-state index in [9.17, 15) is 25.2 Å². The van der Waals surface area contributed by atoms with Crippen LogP contribution >= 0.6 is 0 Å². The van der Waals surface area contributed by atoms with Crippen LogP contribution in [-0.4, -0.2) is 32.2 Å². The molecule has 0 aromatic rings. The molecule has 0 bridgehead atoms. The second-order valence-corrected chi connectivity index (χ2v) is 5.14. The molecule has 0 heterocycles. The largest absolute Gasteiger partial charge is 4.00 e. The number of Topliss-reactive ketones (excluding diaryl/α,β-unsaturated/α-hetero) is 1. The van der Waals surface area contributed by atoms with Gasteiger partial charge >= 0.3 is 26.2 Å². The van der Waals surface area contributed by atoms with Crippen LogP contribution in [0.15, 0.2) is 0 Å². The Morgan fingerprint density at radius 3 is 0.680 bits per heavy atom. The predicted octanol–water partition coefficient (Wildman–Crippen LogP) is 1.18. The van der Waals surface area contributed by atoms with E-state index in [-0.39, 0.29) is 58.4 Å². The molecule has 0 N–H and O–H groups in total. The van der Waals surface area contributed by atoms with Crippen molar-refractivity contribution in [3.63, 3.8) is 0 Å². The summed E-state index contributed by atoms with van der Waals surface area (Å²) in [6.07, 6.45) is 7.46. The van der Waals surface area contributed by atoms with E-state index in [1.165, 1.54) is 13.8 Å². The van der Waals surface area contributed by atoms with Gasteiger partial charge < -0.3 is 25.2 Å². The summed E-state index contributed by atoms with van der Waals surface area (Å²) in [5, 5.41) is 38.1. The maximum atomic E-state index is 9.53. The van der Waals surface area contributed by atoms with Gasteiger partial charge in [0.05, 0.1) is 0 Å². The molecule has 0 amide bonds. The monoisotopic (exact) mass is 440 g/mol. The first-order chi connectivity index (χ1) is 11.4. The average Bonchev–Trinajstić information content (AvgIpc) is 2.52. The van der Waals surface area contributed by atoms with Crippen molar-refractivity contribution in [1.82, 2.24) is 0 Å². The first-order valence-electron chi connectivity index (χ1n) is 9.19. The molecule has 0 aliphatic carbocycles. The van der Waals surface area contributed by atoms with Gasteiger partial charge in [-0.05, 0) is 13.8 Å². The van der Waals surface area contributed by atoms with Crippen molar-refractivity contribution in [1.29, 1.82) is 0 Å². The minimum absolute atomic E-state index is 0. The number of carbonyl (C=O) groups excluding carboxylic acids is 1. The number of unbranched alkanes of at least 4 members (excludes halogenated alkanes) is 4. The number of rotatable bonds is 8. The van der Waals surface area contributed by atoms with E-state index in [1.54, 1.807) is 0 Å². The Labute approximate surface area is 176 Å². The van der Waals surface area contributed by atoms with Gasteiger partial charge in [-0.3, -0.25) is 0 Å². The third-order valence-electron chi connectivity index (χ3n) is 1.99. The maximum absolute atomic E-state index is 9.53. The predicted molar refractivity (Wildman–Crippen MR) is 95.5 cm³/mol. The van der Waals surface area contributed by atoms with E-state index < -0.39 is 0 Å². The Morgan fingerprint density at radius 1 is 0.560 bits per heavy atom. The first kappa shape index (κ1) is 40.2. The quantitative estimate of drug-likeness (QED) is 0.562. The summed E-state index contributed by atoms with van der Waals surface area (Å²) in [6, 6.07) is 0. The van der Waals surface area contributed by atoms with Crippen molar-refractivity contribution in [2.45, 2.75) is 92.9 Å². The zero-order chi connectivity index (χ0) is 20.1. The molecule has 25 heavy (non-hydrogen) atoms. The van der Waals surface area contributed by atoms with Crippen molar-refractivity contribution in [2.24, 2.45) is 0 Å². The van der Waals surface area contributed by atoms with Gasteiger partial charge in [0.25, 0.3) is 0 Å². The van der Waals surface area contributed by atoms with Crippen LogP contribution in [-0.2, 0) is 31.0 Å². The Bertz CT molecular complexity index is 134. The maximum Gasteiger partial charge on any atom is 4.00 e. The molecular weight excluding hydrogens is 399 g/mol. The van der Waals surface area contributed by atoms with Crippen molar-refractivity contribution >= 4 is 5.78 Å². The van der Waals surface area contributed by atoms with Gasteiger partial charge in [0, 0.05) is 0 Å². The second-order valence-electron chi connectivity index (χ2n) is 5.14. The first-order valence-corrected chi connectivity index (χ1v) is 9.19. The Balaban J connectivity index is -0.0000000448. The van der Waals surface area contributed by atoms with Crippen LogP contribution in [0, 0.1) is 0 Å². The smallest absolute Gasteiger partial charge is 0.854 e. The molecule has 0 rings (SSSR count). The van der Waals surface area contributed by atoms with Gasteiger partial charge in [-0.15, -0.1) is 26.4 Å². The molecule has 0 radical (unpaired) electrons. The molecule has 6 heteroatoms. The topological polar surface area (TPSA) is 109 Å². The van der Waals surface area contributed by atoms with Gasteiger partial charge in [0.1, 0.15) is 5.78 Å². The molecule has 5 nitrogen and oxygen atoms in total. The molecule has 0 fully saturated rings. The summed E-state index contributed by atoms with van der Waals surface area (Å²) >= 11 is 0. The van der Waals surface area contributed by atoms with Crippen LogP contribution in [0.1, 0.15) is 92.9 Å². The molecule has 0 aromatic carbocycles. The van der Waals surface area contributed by atoms with Crippen LogP contribution in [0.2, 0.25) is 0 Å². The van der Waals surface area contributed by atoms with Gasteiger partial charge in [0.2, 0.25) is 0 Å². The fourth-order valence-electron chi connectivity index (χ4n) is 0.577. The summed E-state index contributed by atoms with van der Waals surface area (Å²) in [4.78, 5) is 9.44. The van der Waals surface area contributed by atoms with Crippen molar-refractivity contribution in [3.8, 4) is 0 Å². The molecule has 0 atom stereocenters. The van der Waals surface area contributed by atoms with Crippen LogP contribution < -0.4 is 20.4 Å². The summed E-state index contributed by atoms with van der Waals surface area (Å²) in [5.41, 5.74) is 0. The fourth-order valence-corrected chi connectivity index (χ4v) is 0.577. The Hall–Kier alpha value is 0.393. The molecule has 0 unspecified atom stereocenters. The fraction of sp³-hybridized carbons (Fsp3) is 0.947. The van der Waals surface area contributed by atoms with E-state index in [2.05, 4.69) is 0 Å². The van der Waals surface area contributed by atoms with Gasteiger partial charge in [-0.25, -0.2) is 0 Å². The number of hydrogen-bond donors (Lipinski definition) is 0. The molecule has 152 valence electrons. The van der Waals surface area contributed by atoms with E-state index in [1.807, 2.05) is 27.7 Å². The normalized spacial score (nSPS) is 7.76. The zero-order valence-electron chi connectivity index (χ0n) is 17.5. The molecule has 0 spiro atoms.